The molecule has 2 amide bonds. The second-order valence-electron chi connectivity index (χ2n) is 10.6. The molecule has 2 aromatic carbocycles. The number of benzene rings is 2. The van der Waals surface area contributed by atoms with Gasteiger partial charge >= 0.3 is 12.2 Å². The Morgan fingerprint density at radius 3 is 2.59 bits per heavy atom. The molecule has 1 aliphatic heterocycles. The molecule has 0 aliphatic carbocycles. The zero-order valence-corrected chi connectivity index (χ0v) is 24.7. The van der Waals surface area contributed by atoms with Crippen molar-refractivity contribution in [3.05, 3.63) is 78.1 Å². The molecule has 5 rings (SSSR count). The fourth-order valence-corrected chi connectivity index (χ4v) is 5.07. The summed E-state index contributed by atoms with van der Waals surface area (Å²) in [5.74, 6) is 1.30. The lowest BCUT2D eigenvalue weighted by Gasteiger charge is -2.29. The van der Waals surface area contributed by atoms with Crippen LogP contribution in [0.5, 0.6) is 11.6 Å². The quantitative estimate of drug-likeness (QED) is 0.209. The molecule has 4 aromatic rings. The Bertz CT molecular complexity index is 1650. The summed E-state index contributed by atoms with van der Waals surface area (Å²) in [6, 6.07) is 13.2. The van der Waals surface area contributed by atoms with Crippen LogP contribution in [0, 0.1) is 6.92 Å². The lowest BCUT2D eigenvalue weighted by Crippen LogP contribution is -2.34. The second-order valence-corrected chi connectivity index (χ2v) is 10.6. The number of aryl methyl sites for hydroxylation is 1. The van der Waals surface area contributed by atoms with Crippen molar-refractivity contribution in [2.75, 3.05) is 55.1 Å². The number of ether oxygens (including phenoxy) is 1. The fourth-order valence-electron chi connectivity index (χ4n) is 5.07. The Balaban J connectivity index is 1.33. The molecule has 2 aromatic heterocycles. The molecule has 1 unspecified atom stereocenters. The normalized spacial score (nSPS) is 15.1. The standard InChI is InChI=1S/C31H33F3N8O2/c1-19-16-21(8-10-27(19)44-28-23(6-5-13-36-28)24-11-14-37-29(35-2)39-24)38-30(43)40-25-17-20(31(32,33)34)7-9-26(25)42(4)22-12-15-41(3)18-22/h5-11,13-14,16-17,22H,12,15,18H2,1-4H3,(H,35,37,39)(H2,38,40,43). The minimum Gasteiger partial charge on any atom is -0.438 e. The van der Waals surface area contributed by atoms with Gasteiger partial charge in [0.2, 0.25) is 11.8 Å². The minimum absolute atomic E-state index is 0.0693. The maximum atomic E-state index is 13.6. The Morgan fingerprint density at radius 1 is 1.07 bits per heavy atom. The van der Waals surface area contributed by atoms with Crippen molar-refractivity contribution in [2.45, 2.75) is 25.6 Å². The molecular weight excluding hydrogens is 573 g/mol. The van der Waals surface area contributed by atoms with Crippen LogP contribution in [-0.2, 0) is 6.18 Å². The van der Waals surface area contributed by atoms with E-state index in [2.05, 4.69) is 35.8 Å². The van der Waals surface area contributed by atoms with Crippen LogP contribution in [0.2, 0.25) is 0 Å². The third-order valence-corrected chi connectivity index (χ3v) is 7.43. The van der Waals surface area contributed by atoms with Crippen molar-refractivity contribution in [1.29, 1.82) is 0 Å². The van der Waals surface area contributed by atoms with E-state index in [0.717, 1.165) is 31.6 Å². The summed E-state index contributed by atoms with van der Waals surface area (Å²) in [6.45, 7) is 3.47. The molecular formula is C31H33F3N8O2. The predicted molar refractivity (Wildman–Crippen MR) is 164 cm³/mol. The number of aromatic nitrogens is 3. The van der Waals surface area contributed by atoms with E-state index in [4.69, 9.17) is 4.74 Å². The number of urea groups is 1. The van der Waals surface area contributed by atoms with E-state index in [1.54, 1.807) is 49.8 Å². The lowest BCUT2D eigenvalue weighted by molar-refractivity contribution is -0.137. The molecule has 1 fully saturated rings. The number of nitrogens with one attached hydrogen (secondary N) is 3. The number of likely N-dealkylation sites (N-methyl/N-ethyl adjacent to an activating group) is 2. The number of nitrogens with zero attached hydrogens (tertiary/aromatic N) is 5. The van der Waals surface area contributed by atoms with Gasteiger partial charge in [0.1, 0.15) is 5.75 Å². The van der Waals surface area contributed by atoms with Crippen molar-refractivity contribution in [3.63, 3.8) is 0 Å². The van der Waals surface area contributed by atoms with Crippen molar-refractivity contribution in [2.24, 2.45) is 0 Å². The van der Waals surface area contributed by atoms with Gasteiger partial charge in [-0.1, -0.05) is 0 Å². The minimum atomic E-state index is -4.55. The average Bonchev–Trinajstić information content (AvgIpc) is 3.44. The first-order chi connectivity index (χ1) is 21.0. The first-order valence-corrected chi connectivity index (χ1v) is 14.0. The summed E-state index contributed by atoms with van der Waals surface area (Å²) in [7, 11) is 5.55. The van der Waals surface area contributed by atoms with Gasteiger partial charge in [0.25, 0.3) is 0 Å². The SMILES string of the molecule is CNc1nccc(-c2cccnc2Oc2ccc(NC(=O)Nc3cc(C(F)(F)F)ccc3N(C)C3CCN(C)C3)cc2C)n1. The first kappa shape index (κ1) is 30.5. The van der Waals surface area contributed by atoms with Gasteiger partial charge in [-0.3, -0.25) is 0 Å². The Hall–Kier alpha value is -4.91. The topological polar surface area (TPSA) is 108 Å². The van der Waals surface area contributed by atoms with Gasteiger partial charge in [0, 0.05) is 44.8 Å². The summed E-state index contributed by atoms with van der Waals surface area (Å²) >= 11 is 0. The smallest absolute Gasteiger partial charge is 0.416 e. The van der Waals surface area contributed by atoms with Gasteiger partial charge in [-0.2, -0.15) is 13.2 Å². The molecule has 10 nitrogen and oxygen atoms in total. The fraction of sp³-hybridized carbons (Fsp3) is 0.290. The molecule has 3 N–H and O–H groups in total. The monoisotopic (exact) mass is 606 g/mol. The van der Waals surface area contributed by atoms with Crippen LogP contribution in [0.4, 0.5) is 41.0 Å². The predicted octanol–water partition coefficient (Wildman–Crippen LogP) is 6.48. The molecule has 3 heterocycles. The van der Waals surface area contributed by atoms with Crippen LogP contribution in [0.25, 0.3) is 11.3 Å². The third-order valence-electron chi connectivity index (χ3n) is 7.43. The van der Waals surface area contributed by atoms with E-state index in [0.29, 0.717) is 45.8 Å². The first-order valence-electron chi connectivity index (χ1n) is 14.0. The summed E-state index contributed by atoms with van der Waals surface area (Å²) in [5, 5.41) is 8.26. The van der Waals surface area contributed by atoms with Gasteiger partial charge in [0.15, 0.2) is 0 Å². The molecule has 0 radical (unpaired) electrons. The van der Waals surface area contributed by atoms with Crippen LogP contribution in [-0.4, -0.2) is 66.2 Å². The Kier molecular flexibility index (Phi) is 8.86. The van der Waals surface area contributed by atoms with Crippen LogP contribution in [0.1, 0.15) is 17.5 Å². The van der Waals surface area contributed by atoms with Crippen LogP contribution >= 0.6 is 0 Å². The molecule has 1 saturated heterocycles. The van der Waals surface area contributed by atoms with Gasteiger partial charge in [-0.25, -0.2) is 19.7 Å². The number of pyridine rings is 1. The van der Waals surface area contributed by atoms with Gasteiger partial charge in [-0.05, 0) is 87.1 Å². The van der Waals surface area contributed by atoms with Crippen LogP contribution in [0.15, 0.2) is 67.0 Å². The highest BCUT2D eigenvalue weighted by Gasteiger charge is 2.32. The van der Waals surface area contributed by atoms with Gasteiger partial charge in [-0.15, -0.1) is 0 Å². The number of likely N-dealkylation sites (tertiary alicyclic amines) is 1. The van der Waals surface area contributed by atoms with Gasteiger partial charge < -0.3 is 30.5 Å². The molecule has 0 bridgehead atoms. The number of hydrogen-bond acceptors (Lipinski definition) is 8. The number of alkyl halides is 3. The highest BCUT2D eigenvalue weighted by Crippen LogP contribution is 2.37. The van der Waals surface area contributed by atoms with Crippen molar-refractivity contribution < 1.29 is 22.7 Å². The second kappa shape index (κ2) is 12.8. The highest BCUT2D eigenvalue weighted by molar-refractivity contribution is 6.02. The van der Waals surface area contributed by atoms with E-state index in [1.165, 1.54) is 6.07 Å². The number of rotatable bonds is 8. The van der Waals surface area contributed by atoms with Crippen LogP contribution < -0.4 is 25.6 Å². The van der Waals surface area contributed by atoms with Crippen molar-refractivity contribution >= 4 is 29.0 Å². The van der Waals surface area contributed by atoms with E-state index >= 15 is 0 Å². The molecule has 230 valence electrons. The average molecular weight is 607 g/mol. The molecule has 1 atom stereocenters. The van der Waals surface area contributed by atoms with Gasteiger partial charge in [0.05, 0.1) is 28.2 Å². The number of halogens is 3. The number of carbonyl (C=O) groups is 1. The molecule has 0 saturated carbocycles. The van der Waals surface area contributed by atoms with Crippen molar-refractivity contribution in [1.82, 2.24) is 19.9 Å². The van der Waals surface area contributed by atoms with E-state index in [1.807, 2.05) is 32.0 Å². The summed E-state index contributed by atoms with van der Waals surface area (Å²) in [4.78, 5) is 30.1. The Labute approximate surface area is 253 Å². The number of carbonyl (C=O) groups excluding carboxylic acids is 1. The zero-order chi connectivity index (χ0) is 31.4. The van der Waals surface area contributed by atoms with E-state index < -0.39 is 17.8 Å². The summed E-state index contributed by atoms with van der Waals surface area (Å²) < 4.78 is 46.8. The maximum Gasteiger partial charge on any atom is 0.416 e. The molecule has 44 heavy (non-hydrogen) atoms. The highest BCUT2D eigenvalue weighted by atomic mass is 19.4. The van der Waals surface area contributed by atoms with Crippen LogP contribution in [0.3, 0.4) is 0 Å². The molecule has 0 spiro atoms. The zero-order valence-electron chi connectivity index (χ0n) is 24.7. The number of hydrogen-bond donors (Lipinski definition) is 3. The van der Waals surface area contributed by atoms with E-state index in [9.17, 15) is 18.0 Å². The maximum absolute atomic E-state index is 13.6. The number of amides is 2. The summed E-state index contributed by atoms with van der Waals surface area (Å²) in [5.41, 5.74) is 2.15. The third kappa shape index (κ3) is 7.00. The molecule has 13 heteroatoms. The van der Waals surface area contributed by atoms with Crippen molar-refractivity contribution in [3.8, 4) is 22.9 Å². The largest absolute Gasteiger partial charge is 0.438 e. The lowest BCUT2D eigenvalue weighted by atomic mass is 10.1. The number of anilines is 4. The summed E-state index contributed by atoms with van der Waals surface area (Å²) in [6.07, 6.45) is -0.446. The van der Waals surface area contributed by atoms with E-state index in [-0.39, 0.29) is 11.7 Å². The molecule has 1 aliphatic rings. The Morgan fingerprint density at radius 2 is 1.89 bits per heavy atom.